The van der Waals surface area contributed by atoms with Crippen molar-refractivity contribution < 1.29 is 24.3 Å². The largest absolute Gasteiger partial charge is 0.491 e. The van der Waals surface area contributed by atoms with Crippen molar-refractivity contribution in [2.45, 2.75) is 32.3 Å². The lowest BCUT2D eigenvalue weighted by atomic mass is 10.1. The van der Waals surface area contributed by atoms with Crippen molar-refractivity contribution in [3.8, 4) is 5.75 Å². The number of benzene rings is 1. The van der Waals surface area contributed by atoms with Crippen LogP contribution in [0, 0.1) is 0 Å². The van der Waals surface area contributed by atoms with Gasteiger partial charge in [0.1, 0.15) is 25.0 Å². The number of aryl methyl sites for hydroxylation is 2. The number of hydrogen-bond acceptors (Lipinski definition) is 4. The van der Waals surface area contributed by atoms with Crippen LogP contribution in [-0.4, -0.2) is 68.1 Å². The summed E-state index contributed by atoms with van der Waals surface area (Å²) in [6, 6.07) is 6.26. The lowest BCUT2D eigenvalue weighted by Crippen LogP contribution is -3.16. The van der Waals surface area contributed by atoms with Crippen LogP contribution in [0.25, 0.3) is 0 Å². The van der Waals surface area contributed by atoms with Crippen molar-refractivity contribution in [3.05, 3.63) is 29.3 Å². The van der Waals surface area contributed by atoms with Crippen molar-refractivity contribution in [1.82, 2.24) is 4.90 Å². The standard InChI is InChI=1S/C19H28N2O4/c1-2-24-19(23)21-10-8-20(9-11-21)13-17(22)14-25-18-7-6-15-4-3-5-16(15)12-18/h6-7,12,17,22H,2-5,8-11,13-14H2,1H3/p+1/t17-/m0/s1. The van der Waals surface area contributed by atoms with Gasteiger partial charge in [-0.3, -0.25) is 4.90 Å². The zero-order chi connectivity index (χ0) is 17.6. The fourth-order valence-corrected chi connectivity index (χ4v) is 3.65. The number of carbonyl (C=O) groups excluding carboxylic acids is 1. The summed E-state index contributed by atoms with van der Waals surface area (Å²) < 4.78 is 10.8. The Hall–Kier alpha value is -1.79. The van der Waals surface area contributed by atoms with Gasteiger partial charge in [-0.2, -0.15) is 0 Å². The molecule has 1 atom stereocenters. The van der Waals surface area contributed by atoms with E-state index in [1.165, 1.54) is 28.9 Å². The van der Waals surface area contributed by atoms with Crippen molar-refractivity contribution in [2.75, 3.05) is 45.9 Å². The van der Waals surface area contributed by atoms with E-state index in [1.54, 1.807) is 4.90 Å². The van der Waals surface area contributed by atoms with Gasteiger partial charge in [0.2, 0.25) is 0 Å². The molecule has 3 rings (SSSR count). The second-order valence-electron chi connectivity index (χ2n) is 6.89. The highest BCUT2D eigenvalue weighted by molar-refractivity contribution is 5.67. The summed E-state index contributed by atoms with van der Waals surface area (Å²) in [6.45, 7) is 6.18. The topological polar surface area (TPSA) is 63.4 Å². The molecule has 0 spiro atoms. The number of aliphatic hydroxyl groups excluding tert-OH is 1. The highest BCUT2D eigenvalue weighted by atomic mass is 16.6. The number of rotatable bonds is 6. The molecule has 6 nitrogen and oxygen atoms in total. The summed E-state index contributed by atoms with van der Waals surface area (Å²) in [5.74, 6) is 0.849. The molecule has 1 saturated heterocycles. The van der Waals surface area contributed by atoms with Crippen molar-refractivity contribution in [3.63, 3.8) is 0 Å². The Morgan fingerprint density at radius 3 is 2.80 bits per heavy atom. The molecule has 1 aromatic rings. The number of carbonyl (C=O) groups is 1. The fourth-order valence-electron chi connectivity index (χ4n) is 3.65. The number of nitrogens with zero attached hydrogens (tertiary/aromatic N) is 1. The first-order valence-electron chi connectivity index (χ1n) is 9.33. The van der Waals surface area contributed by atoms with Crippen LogP contribution in [0.2, 0.25) is 0 Å². The van der Waals surface area contributed by atoms with Crippen LogP contribution in [0.4, 0.5) is 4.79 Å². The average molecular weight is 349 g/mol. The molecule has 0 bridgehead atoms. The van der Waals surface area contributed by atoms with E-state index in [0.29, 0.717) is 32.8 Å². The smallest absolute Gasteiger partial charge is 0.410 e. The van der Waals surface area contributed by atoms with E-state index in [2.05, 4.69) is 12.1 Å². The van der Waals surface area contributed by atoms with E-state index in [9.17, 15) is 9.90 Å². The molecule has 2 aliphatic rings. The second kappa shape index (κ2) is 8.54. The van der Waals surface area contributed by atoms with Crippen LogP contribution in [0.3, 0.4) is 0 Å². The minimum atomic E-state index is -0.502. The molecule has 1 fully saturated rings. The predicted octanol–water partition coefficient (Wildman–Crippen LogP) is 0.272. The molecule has 25 heavy (non-hydrogen) atoms. The third-order valence-electron chi connectivity index (χ3n) is 5.03. The maximum absolute atomic E-state index is 11.7. The summed E-state index contributed by atoms with van der Waals surface area (Å²) in [5, 5.41) is 10.3. The van der Waals surface area contributed by atoms with Gasteiger partial charge in [-0.05, 0) is 49.4 Å². The van der Waals surface area contributed by atoms with Gasteiger partial charge in [-0.25, -0.2) is 4.79 Å². The number of quaternary nitrogens is 1. The molecule has 2 N–H and O–H groups in total. The minimum absolute atomic E-state index is 0.234. The van der Waals surface area contributed by atoms with Gasteiger partial charge in [-0.15, -0.1) is 0 Å². The number of nitrogens with one attached hydrogen (secondary N) is 1. The maximum atomic E-state index is 11.7. The molecule has 1 aliphatic heterocycles. The molecule has 138 valence electrons. The van der Waals surface area contributed by atoms with Crippen molar-refractivity contribution >= 4 is 6.09 Å². The van der Waals surface area contributed by atoms with Crippen molar-refractivity contribution in [1.29, 1.82) is 0 Å². The van der Waals surface area contributed by atoms with Crippen LogP contribution in [-0.2, 0) is 17.6 Å². The highest BCUT2D eigenvalue weighted by Crippen LogP contribution is 2.25. The third kappa shape index (κ3) is 4.86. The third-order valence-corrected chi connectivity index (χ3v) is 5.03. The number of hydrogen-bond donors (Lipinski definition) is 2. The van der Waals surface area contributed by atoms with Gasteiger partial charge < -0.3 is 19.5 Å². The molecule has 1 aromatic carbocycles. The number of piperazine rings is 1. The van der Waals surface area contributed by atoms with E-state index < -0.39 is 6.10 Å². The van der Waals surface area contributed by atoms with Gasteiger partial charge in [0.05, 0.1) is 32.8 Å². The average Bonchev–Trinajstić information content (AvgIpc) is 3.08. The van der Waals surface area contributed by atoms with E-state index in [0.717, 1.165) is 25.3 Å². The summed E-state index contributed by atoms with van der Waals surface area (Å²) in [5.41, 5.74) is 2.81. The first-order chi connectivity index (χ1) is 12.2. The molecular weight excluding hydrogens is 320 g/mol. The number of fused-ring (bicyclic) bond motifs is 1. The van der Waals surface area contributed by atoms with Crippen molar-refractivity contribution in [2.24, 2.45) is 0 Å². The lowest BCUT2D eigenvalue weighted by molar-refractivity contribution is -0.907. The normalized spacial score (nSPS) is 18.7. The summed E-state index contributed by atoms with van der Waals surface area (Å²) in [4.78, 5) is 14.7. The first-order valence-corrected chi connectivity index (χ1v) is 9.33. The van der Waals surface area contributed by atoms with Gasteiger partial charge in [0.25, 0.3) is 0 Å². The number of ether oxygens (including phenoxy) is 2. The van der Waals surface area contributed by atoms with Gasteiger partial charge >= 0.3 is 6.09 Å². The molecule has 1 amide bonds. The van der Waals surface area contributed by atoms with E-state index >= 15 is 0 Å². The maximum Gasteiger partial charge on any atom is 0.410 e. The molecular formula is C19H29N2O4+. The Labute approximate surface area is 149 Å². The molecule has 0 unspecified atom stereocenters. The lowest BCUT2D eigenvalue weighted by Gasteiger charge is -2.32. The van der Waals surface area contributed by atoms with E-state index in [1.807, 2.05) is 13.0 Å². The molecule has 0 radical (unpaired) electrons. The van der Waals surface area contributed by atoms with E-state index in [-0.39, 0.29) is 6.09 Å². The zero-order valence-electron chi connectivity index (χ0n) is 15.0. The van der Waals surface area contributed by atoms with Gasteiger partial charge in [-0.1, -0.05) is 6.07 Å². The highest BCUT2D eigenvalue weighted by Gasteiger charge is 2.26. The first kappa shape index (κ1) is 18.0. The Kier molecular flexibility index (Phi) is 6.15. The Balaban J connectivity index is 1.38. The minimum Gasteiger partial charge on any atom is -0.491 e. The molecule has 0 aromatic heterocycles. The van der Waals surface area contributed by atoms with Gasteiger partial charge in [0, 0.05) is 0 Å². The van der Waals surface area contributed by atoms with Crippen LogP contribution in [0.5, 0.6) is 5.75 Å². The quantitative estimate of drug-likeness (QED) is 0.774. The zero-order valence-corrected chi connectivity index (χ0v) is 15.0. The number of aliphatic hydroxyl groups is 1. The summed E-state index contributed by atoms with van der Waals surface area (Å²) >= 11 is 0. The van der Waals surface area contributed by atoms with Crippen LogP contribution < -0.4 is 9.64 Å². The monoisotopic (exact) mass is 349 g/mol. The predicted molar refractivity (Wildman–Crippen MR) is 94.1 cm³/mol. The Morgan fingerprint density at radius 1 is 1.28 bits per heavy atom. The Morgan fingerprint density at radius 2 is 2.04 bits per heavy atom. The van der Waals surface area contributed by atoms with Crippen LogP contribution in [0.15, 0.2) is 18.2 Å². The molecule has 0 saturated carbocycles. The second-order valence-corrected chi connectivity index (χ2v) is 6.89. The summed E-state index contributed by atoms with van der Waals surface area (Å²) in [6.07, 6.45) is 2.78. The van der Waals surface area contributed by atoms with E-state index in [4.69, 9.17) is 9.47 Å². The SMILES string of the molecule is CCOC(=O)N1CC[NH+](C[C@H](O)COc2ccc3c(c2)CCC3)CC1. The number of amides is 1. The molecule has 6 heteroatoms. The Bertz CT molecular complexity index is 585. The fraction of sp³-hybridized carbons (Fsp3) is 0.632. The van der Waals surface area contributed by atoms with Crippen LogP contribution >= 0.6 is 0 Å². The molecule has 1 heterocycles. The van der Waals surface area contributed by atoms with Gasteiger partial charge in [0.15, 0.2) is 0 Å². The van der Waals surface area contributed by atoms with Crippen LogP contribution in [0.1, 0.15) is 24.5 Å². The molecule has 1 aliphatic carbocycles. The summed E-state index contributed by atoms with van der Waals surface area (Å²) in [7, 11) is 0.